The van der Waals surface area contributed by atoms with Crippen molar-refractivity contribution in [3.63, 3.8) is 0 Å². The van der Waals surface area contributed by atoms with Crippen LogP contribution in [-0.2, 0) is 20.7 Å². The van der Waals surface area contributed by atoms with Gasteiger partial charge in [-0.2, -0.15) is 0 Å². The first-order valence-electron chi connectivity index (χ1n) is 14.1. The molecule has 2 saturated heterocycles. The third kappa shape index (κ3) is 7.75. The molecule has 0 saturated carbocycles. The molecule has 4 rings (SSSR count). The molecule has 7 nitrogen and oxygen atoms in total. The first-order valence-corrected chi connectivity index (χ1v) is 14.1. The fourth-order valence-electron chi connectivity index (χ4n) is 5.92. The number of carbonyl (C=O) groups is 2. The van der Waals surface area contributed by atoms with Gasteiger partial charge in [0.15, 0.2) is 0 Å². The molecule has 222 valence electrons. The maximum Gasteiger partial charge on any atom is 0.321 e. The van der Waals surface area contributed by atoms with Crippen LogP contribution in [0, 0.1) is 30.3 Å². The molecule has 0 radical (unpaired) electrons. The summed E-state index contributed by atoms with van der Waals surface area (Å²) in [6.07, 6.45) is 5.10. The highest BCUT2D eigenvalue weighted by atomic mass is 19.1. The molecule has 0 spiro atoms. The molecular formula is C31H38F3N3O4. The van der Waals surface area contributed by atoms with E-state index in [0.717, 1.165) is 24.5 Å². The van der Waals surface area contributed by atoms with Gasteiger partial charge in [0.1, 0.15) is 23.5 Å². The SMILES string of the molecule is C/C=C/c1cc(C)cc(F)c1C[C@H](NCCNC(=O)[C@@H]1CN(C2CCOCC2)C[C@H]1c1ccc(F)cc1F)C(=O)O. The number of halogens is 3. The highest BCUT2D eigenvalue weighted by Gasteiger charge is 2.42. The number of carbonyl (C=O) groups excluding carboxylic acids is 1. The largest absolute Gasteiger partial charge is 0.480 e. The minimum Gasteiger partial charge on any atom is -0.480 e. The van der Waals surface area contributed by atoms with Crippen LogP contribution in [0.2, 0.25) is 0 Å². The summed E-state index contributed by atoms with van der Waals surface area (Å²) in [6, 6.07) is 5.81. The van der Waals surface area contributed by atoms with Crippen LogP contribution in [0.5, 0.6) is 0 Å². The zero-order valence-electron chi connectivity index (χ0n) is 23.5. The van der Waals surface area contributed by atoms with Gasteiger partial charge in [-0.15, -0.1) is 0 Å². The summed E-state index contributed by atoms with van der Waals surface area (Å²) in [4.78, 5) is 27.5. The Hall–Kier alpha value is -3.21. The number of nitrogens with zero attached hydrogens (tertiary/aromatic N) is 1. The number of ether oxygens (including phenoxy) is 1. The van der Waals surface area contributed by atoms with Crippen LogP contribution in [0.15, 0.2) is 36.4 Å². The number of carboxylic acids is 1. The summed E-state index contributed by atoms with van der Waals surface area (Å²) in [5.41, 5.74) is 1.98. The molecule has 0 unspecified atom stereocenters. The first-order chi connectivity index (χ1) is 19.7. The molecule has 0 aliphatic carbocycles. The Balaban J connectivity index is 1.39. The van der Waals surface area contributed by atoms with Gasteiger partial charge in [0, 0.05) is 63.8 Å². The van der Waals surface area contributed by atoms with E-state index in [2.05, 4.69) is 15.5 Å². The van der Waals surface area contributed by atoms with Crippen molar-refractivity contribution < 1.29 is 32.6 Å². The van der Waals surface area contributed by atoms with Gasteiger partial charge in [-0.1, -0.05) is 24.3 Å². The summed E-state index contributed by atoms with van der Waals surface area (Å²) in [5, 5.41) is 15.5. The number of nitrogens with one attached hydrogen (secondary N) is 2. The summed E-state index contributed by atoms with van der Waals surface area (Å²) < 4.78 is 48.6. The maximum atomic E-state index is 14.8. The molecule has 10 heteroatoms. The van der Waals surface area contributed by atoms with E-state index >= 15 is 0 Å². The number of aliphatic carboxylic acids is 1. The number of benzene rings is 2. The number of amides is 1. The number of rotatable bonds is 11. The smallest absolute Gasteiger partial charge is 0.321 e. The minimum atomic E-state index is -1.13. The second-order valence-corrected chi connectivity index (χ2v) is 10.8. The second-order valence-electron chi connectivity index (χ2n) is 10.8. The Morgan fingerprint density at radius 3 is 2.54 bits per heavy atom. The highest BCUT2D eigenvalue weighted by Crippen LogP contribution is 2.37. The molecule has 2 aliphatic heterocycles. The molecule has 1 amide bonds. The first kappa shape index (κ1) is 30.7. The molecule has 2 aromatic rings. The molecule has 41 heavy (non-hydrogen) atoms. The molecule has 2 fully saturated rings. The fourth-order valence-corrected chi connectivity index (χ4v) is 5.92. The van der Waals surface area contributed by atoms with Crippen molar-refractivity contribution in [1.29, 1.82) is 0 Å². The Bertz CT molecular complexity index is 1270. The van der Waals surface area contributed by atoms with Gasteiger partial charge in [-0.3, -0.25) is 14.5 Å². The van der Waals surface area contributed by atoms with E-state index in [1.54, 1.807) is 19.1 Å². The molecule has 0 aromatic heterocycles. The zero-order valence-corrected chi connectivity index (χ0v) is 23.5. The fraction of sp³-hybridized carbons (Fsp3) is 0.484. The number of hydrogen-bond donors (Lipinski definition) is 3. The van der Waals surface area contributed by atoms with E-state index in [1.807, 2.05) is 13.0 Å². The molecule has 3 N–H and O–H groups in total. The maximum absolute atomic E-state index is 14.8. The van der Waals surface area contributed by atoms with Crippen molar-refractivity contribution in [2.75, 3.05) is 39.4 Å². The Kier molecular flexibility index (Phi) is 10.6. The Morgan fingerprint density at radius 1 is 1.10 bits per heavy atom. The lowest BCUT2D eigenvalue weighted by Crippen LogP contribution is -2.44. The van der Waals surface area contributed by atoms with E-state index in [0.29, 0.717) is 43.0 Å². The zero-order chi connectivity index (χ0) is 29.5. The lowest BCUT2D eigenvalue weighted by molar-refractivity contribution is -0.139. The lowest BCUT2D eigenvalue weighted by Gasteiger charge is -2.31. The molecule has 2 aromatic carbocycles. The van der Waals surface area contributed by atoms with Gasteiger partial charge in [0.2, 0.25) is 5.91 Å². The average molecular weight is 574 g/mol. The molecule has 3 atom stereocenters. The lowest BCUT2D eigenvalue weighted by atomic mass is 9.88. The van der Waals surface area contributed by atoms with E-state index in [1.165, 1.54) is 18.2 Å². The predicted octanol–water partition coefficient (Wildman–Crippen LogP) is 4.04. The van der Waals surface area contributed by atoms with Crippen LogP contribution in [0.3, 0.4) is 0 Å². The van der Waals surface area contributed by atoms with Gasteiger partial charge in [0.05, 0.1) is 5.92 Å². The van der Waals surface area contributed by atoms with Crippen LogP contribution in [0.1, 0.15) is 47.9 Å². The average Bonchev–Trinajstić information content (AvgIpc) is 3.37. The van der Waals surface area contributed by atoms with E-state index < -0.39 is 41.3 Å². The quantitative estimate of drug-likeness (QED) is 0.352. The monoisotopic (exact) mass is 573 g/mol. The Labute approximate surface area is 238 Å². The summed E-state index contributed by atoms with van der Waals surface area (Å²) in [5.74, 6) is -4.22. The second kappa shape index (κ2) is 14.1. The van der Waals surface area contributed by atoms with E-state index in [-0.39, 0.29) is 31.5 Å². The van der Waals surface area contributed by atoms with Crippen LogP contribution >= 0.6 is 0 Å². The van der Waals surface area contributed by atoms with Crippen molar-refractivity contribution in [3.8, 4) is 0 Å². The van der Waals surface area contributed by atoms with Gasteiger partial charge in [-0.05, 0) is 61.1 Å². The number of likely N-dealkylation sites (tertiary alicyclic amines) is 1. The van der Waals surface area contributed by atoms with Gasteiger partial charge < -0.3 is 20.5 Å². The highest BCUT2D eigenvalue weighted by molar-refractivity contribution is 5.80. The van der Waals surface area contributed by atoms with Crippen molar-refractivity contribution in [1.82, 2.24) is 15.5 Å². The third-order valence-electron chi connectivity index (χ3n) is 8.00. The standard InChI is InChI=1S/C31H38F3N3O4/c1-3-4-20-13-19(2)14-27(33)24(20)16-29(31(39)40)35-9-10-36-30(38)26-18-37(22-7-11-41-12-8-22)17-25(26)23-6-5-21(32)15-28(23)34/h3-6,13-15,22,25-26,29,35H,7-12,16-18H2,1-2H3,(H,36,38)(H,39,40)/b4-3+/t25-,26+,29-/m0/s1. The number of carboxylic acid groups (broad SMARTS) is 1. The van der Waals surface area contributed by atoms with E-state index in [4.69, 9.17) is 4.74 Å². The van der Waals surface area contributed by atoms with Crippen LogP contribution < -0.4 is 10.6 Å². The van der Waals surface area contributed by atoms with Crippen molar-refractivity contribution in [3.05, 3.63) is 76.1 Å². The minimum absolute atomic E-state index is 0.0658. The van der Waals surface area contributed by atoms with Crippen LogP contribution in [0.4, 0.5) is 13.2 Å². The Morgan fingerprint density at radius 2 is 1.85 bits per heavy atom. The molecule has 2 heterocycles. The van der Waals surface area contributed by atoms with Crippen LogP contribution in [0.25, 0.3) is 6.08 Å². The third-order valence-corrected chi connectivity index (χ3v) is 8.00. The summed E-state index contributed by atoms with van der Waals surface area (Å²) in [7, 11) is 0. The van der Waals surface area contributed by atoms with Gasteiger partial charge in [0.25, 0.3) is 0 Å². The van der Waals surface area contributed by atoms with Crippen molar-refractivity contribution >= 4 is 18.0 Å². The van der Waals surface area contributed by atoms with Gasteiger partial charge >= 0.3 is 5.97 Å². The number of aryl methyl sites for hydroxylation is 1. The topological polar surface area (TPSA) is 90.9 Å². The normalized spacial score (nSPS) is 20.9. The number of hydrogen-bond acceptors (Lipinski definition) is 5. The van der Waals surface area contributed by atoms with Crippen LogP contribution in [-0.4, -0.2) is 73.4 Å². The predicted molar refractivity (Wildman–Crippen MR) is 150 cm³/mol. The van der Waals surface area contributed by atoms with Gasteiger partial charge in [-0.25, -0.2) is 13.2 Å². The summed E-state index contributed by atoms with van der Waals surface area (Å²) in [6.45, 7) is 6.03. The molecule has 0 bridgehead atoms. The molecule has 2 aliphatic rings. The van der Waals surface area contributed by atoms with E-state index in [9.17, 15) is 27.9 Å². The molecular weight excluding hydrogens is 535 g/mol. The van der Waals surface area contributed by atoms with Crippen molar-refractivity contribution in [2.45, 2.75) is 51.1 Å². The van der Waals surface area contributed by atoms with Crippen molar-refractivity contribution in [2.24, 2.45) is 5.92 Å². The summed E-state index contributed by atoms with van der Waals surface area (Å²) >= 11 is 0. The number of allylic oxidation sites excluding steroid dienone is 1.